The van der Waals surface area contributed by atoms with Crippen LogP contribution in [0.2, 0.25) is 0 Å². The van der Waals surface area contributed by atoms with E-state index in [1.807, 2.05) is 49.5 Å². The van der Waals surface area contributed by atoms with Crippen LogP contribution in [0.3, 0.4) is 0 Å². The lowest BCUT2D eigenvalue weighted by atomic mass is 10.0. The van der Waals surface area contributed by atoms with E-state index in [1.54, 1.807) is 0 Å². The van der Waals surface area contributed by atoms with E-state index in [9.17, 15) is 0 Å². The van der Waals surface area contributed by atoms with Crippen molar-refractivity contribution in [1.29, 1.82) is 0 Å². The van der Waals surface area contributed by atoms with Gasteiger partial charge in [0, 0.05) is 19.4 Å². The van der Waals surface area contributed by atoms with E-state index >= 15 is 0 Å². The summed E-state index contributed by atoms with van der Waals surface area (Å²) in [5.74, 6) is 0. The molecule has 0 aliphatic rings. The predicted octanol–water partition coefficient (Wildman–Crippen LogP) is 2.08. The van der Waals surface area contributed by atoms with Crippen molar-refractivity contribution < 1.29 is 0 Å². The smallest absolute Gasteiger partial charge is 0.0695 e. The highest BCUT2D eigenvalue weighted by Crippen LogP contribution is 2.25. The zero-order chi connectivity index (χ0) is 12.3. The Hall–Kier alpha value is -1.20. The van der Waals surface area contributed by atoms with Gasteiger partial charge in [0.25, 0.3) is 0 Å². The molecule has 4 nitrogen and oxygen atoms in total. The lowest BCUT2D eigenvalue weighted by molar-refractivity contribution is 0.535. The summed E-state index contributed by atoms with van der Waals surface area (Å²) in [4.78, 5) is 4.03. The Morgan fingerprint density at radius 3 is 2.65 bits per heavy atom. The maximum absolute atomic E-state index is 4.24. The van der Waals surface area contributed by atoms with Gasteiger partial charge in [0.15, 0.2) is 0 Å². The second-order valence-corrected chi connectivity index (χ2v) is 4.76. The van der Waals surface area contributed by atoms with E-state index < -0.39 is 0 Å². The highest BCUT2D eigenvalue weighted by molar-refractivity contribution is 9.10. The number of nitrogens with one attached hydrogen (secondary N) is 1. The number of halogens is 1. The average Bonchev–Trinajstić information content (AvgIpc) is 2.68. The Morgan fingerprint density at radius 1 is 1.41 bits per heavy atom. The average molecular weight is 295 g/mol. The largest absolute Gasteiger partial charge is 0.311 e. The van der Waals surface area contributed by atoms with Gasteiger partial charge in [-0.3, -0.25) is 9.67 Å². The zero-order valence-corrected chi connectivity index (χ0v) is 11.5. The molecule has 2 aromatic heterocycles. The number of aryl methyl sites for hydroxylation is 1. The molecule has 0 aromatic carbocycles. The summed E-state index contributed by atoms with van der Waals surface area (Å²) in [6.07, 6.45) is 6.38. The first kappa shape index (κ1) is 12.3. The van der Waals surface area contributed by atoms with Crippen molar-refractivity contribution in [3.8, 4) is 0 Å². The number of nitrogens with zero attached hydrogens (tertiary/aromatic N) is 3. The highest BCUT2D eigenvalue weighted by Gasteiger charge is 2.17. The van der Waals surface area contributed by atoms with Gasteiger partial charge in [0.1, 0.15) is 0 Å². The minimum atomic E-state index is 0.235. The molecule has 17 heavy (non-hydrogen) atoms. The molecule has 0 bridgehead atoms. The maximum Gasteiger partial charge on any atom is 0.0695 e. The van der Waals surface area contributed by atoms with Gasteiger partial charge in [-0.1, -0.05) is 0 Å². The molecule has 1 N–H and O–H groups in total. The summed E-state index contributed by atoms with van der Waals surface area (Å²) < 4.78 is 2.93. The fraction of sp³-hybridized carbons (Fsp3) is 0.333. The van der Waals surface area contributed by atoms with Crippen molar-refractivity contribution in [2.45, 2.75) is 12.5 Å². The zero-order valence-electron chi connectivity index (χ0n) is 9.89. The lowest BCUT2D eigenvalue weighted by Gasteiger charge is -2.17. The Bertz CT molecular complexity index is 461. The molecule has 0 aliphatic heterocycles. The summed E-state index contributed by atoms with van der Waals surface area (Å²) in [5.41, 5.74) is 2.41. The first-order chi connectivity index (χ1) is 8.22. The molecule has 0 spiro atoms. The van der Waals surface area contributed by atoms with Crippen LogP contribution in [0.1, 0.15) is 17.3 Å². The summed E-state index contributed by atoms with van der Waals surface area (Å²) in [6.45, 7) is 0. The summed E-state index contributed by atoms with van der Waals surface area (Å²) >= 11 is 3.54. The second kappa shape index (κ2) is 5.42. The van der Waals surface area contributed by atoms with Crippen LogP contribution in [0.15, 0.2) is 35.2 Å². The Labute approximate surface area is 109 Å². The molecule has 0 aliphatic carbocycles. The van der Waals surface area contributed by atoms with Crippen molar-refractivity contribution in [2.24, 2.45) is 7.05 Å². The van der Waals surface area contributed by atoms with Crippen LogP contribution >= 0.6 is 15.9 Å². The van der Waals surface area contributed by atoms with Crippen LogP contribution in [0.5, 0.6) is 0 Å². The van der Waals surface area contributed by atoms with Crippen molar-refractivity contribution in [1.82, 2.24) is 20.1 Å². The minimum absolute atomic E-state index is 0.235. The Morgan fingerprint density at radius 2 is 2.12 bits per heavy atom. The molecule has 2 aromatic rings. The Balaban J connectivity index is 2.23. The van der Waals surface area contributed by atoms with Crippen molar-refractivity contribution in [3.05, 3.63) is 46.5 Å². The van der Waals surface area contributed by atoms with Crippen LogP contribution in [-0.4, -0.2) is 21.8 Å². The van der Waals surface area contributed by atoms with E-state index in [1.165, 1.54) is 5.56 Å². The summed E-state index contributed by atoms with van der Waals surface area (Å²) in [6, 6.07) is 4.31. The number of hydrogen-bond donors (Lipinski definition) is 1. The molecule has 90 valence electrons. The molecular formula is C12H15BrN4. The van der Waals surface area contributed by atoms with Gasteiger partial charge in [-0.05, 0) is 47.1 Å². The molecule has 2 heterocycles. The standard InChI is InChI=1S/C12H15BrN4/c1-14-11(7-9-3-5-15-6-4-9)12-10(13)8-16-17(12)2/h3-6,8,11,14H,7H2,1-2H3. The van der Waals surface area contributed by atoms with Crippen molar-refractivity contribution in [2.75, 3.05) is 7.05 Å². The fourth-order valence-corrected chi connectivity index (χ4v) is 2.53. The van der Waals surface area contributed by atoms with Gasteiger partial charge in [-0.25, -0.2) is 0 Å². The molecule has 0 radical (unpaired) electrons. The minimum Gasteiger partial charge on any atom is -0.311 e. The number of rotatable bonds is 4. The van der Waals surface area contributed by atoms with E-state index in [-0.39, 0.29) is 6.04 Å². The monoisotopic (exact) mass is 294 g/mol. The SMILES string of the molecule is CNC(Cc1ccncc1)c1c(Br)cnn1C. The molecule has 2 rings (SSSR count). The van der Waals surface area contributed by atoms with Crippen LogP contribution in [-0.2, 0) is 13.5 Å². The van der Waals surface area contributed by atoms with Crippen LogP contribution < -0.4 is 5.32 Å². The third-order valence-electron chi connectivity index (χ3n) is 2.81. The first-order valence-corrected chi connectivity index (χ1v) is 6.25. The van der Waals surface area contributed by atoms with Crippen LogP contribution in [0.4, 0.5) is 0 Å². The fourth-order valence-electron chi connectivity index (χ4n) is 1.90. The molecule has 0 saturated heterocycles. The van der Waals surface area contributed by atoms with Gasteiger partial charge in [-0.15, -0.1) is 0 Å². The number of pyridine rings is 1. The maximum atomic E-state index is 4.24. The molecule has 1 unspecified atom stereocenters. The van der Waals surface area contributed by atoms with E-state index in [0.717, 1.165) is 16.6 Å². The molecule has 0 fully saturated rings. The van der Waals surface area contributed by atoms with Gasteiger partial charge >= 0.3 is 0 Å². The summed E-state index contributed by atoms with van der Waals surface area (Å²) in [7, 11) is 3.92. The Kier molecular flexibility index (Phi) is 3.91. The quantitative estimate of drug-likeness (QED) is 0.939. The van der Waals surface area contributed by atoms with Crippen LogP contribution in [0.25, 0.3) is 0 Å². The van der Waals surface area contributed by atoms with Gasteiger partial charge in [-0.2, -0.15) is 5.10 Å². The number of aromatic nitrogens is 3. The van der Waals surface area contributed by atoms with E-state index in [2.05, 4.69) is 31.3 Å². The normalized spacial score (nSPS) is 12.6. The number of likely N-dealkylation sites (N-methyl/N-ethyl adjacent to an activating group) is 1. The van der Waals surface area contributed by atoms with Crippen molar-refractivity contribution in [3.63, 3.8) is 0 Å². The molecular weight excluding hydrogens is 280 g/mol. The van der Waals surface area contributed by atoms with Crippen LogP contribution in [0, 0.1) is 0 Å². The van der Waals surface area contributed by atoms with Gasteiger partial charge < -0.3 is 5.32 Å². The lowest BCUT2D eigenvalue weighted by Crippen LogP contribution is -2.22. The molecule has 0 saturated carbocycles. The molecule has 1 atom stereocenters. The van der Waals surface area contributed by atoms with E-state index in [0.29, 0.717) is 0 Å². The number of hydrogen-bond acceptors (Lipinski definition) is 3. The highest BCUT2D eigenvalue weighted by atomic mass is 79.9. The molecule has 5 heteroatoms. The van der Waals surface area contributed by atoms with E-state index in [4.69, 9.17) is 0 Å². The topological polar surface area (TPSA) is 42.7 Å². The van der Waals surface area contributed by atoms with Gasteiger partial charge in [0.2, 0.25) is 0 Å². The summed E-state index contributed by atoms with van der Waals surface area (Å²) in [5, 5.41) is 7.57. The second-order valence-electron chi connectivity index (χ2n) is 3.90. The molecule has 0 amide bonds. The first-order valence-electron chi connectivity index (χ1n) is 5.46. The van der Waals surface area contributed by atoms with Crippen molar-refractivity contribution >= 4 is 15.9 Å². The van der Waals surface area contributed by atoms with Gasteiger partial charge in [0.05, 0.1) is 22.4 Å². The third kappa shape index (κ3) is 2.73. The third-order valence-corrected chi connectivity index (χ3v) is 3.42. The predicted molar refractivity (Wildman–Crippen MR) is 70.6 cm³/mol.